The molecule has 0 radical (unpaired) electrons. The van der Waals surface area contributed by atoms with E-state index >= 15 is 0 Å². The lowest BCUT2D eigenvalue weighted by atomic mass is 10.3. The summed E-state index contributed by atoms with van der Waals surface area (Å²) in [5, 5.41) is 21.0. The SMILES string of the molecule is NN1CNC(=O)C=C1O.Nc1ccccc1O. The number of amides is 1. The number of nitrogens with one attached hydrogen (secondary N) is 1. The zero-order chi connectivity index (χ0) is 12.8. The van der Waals surface area contributed by atoms with Crippen molar-refractivity contribution < 1.29 is 15.0 Å². The third kappa shape index (κ3) is 3.92. The van der Waals surface area contributed by atoms with E-state index in [2.05, 4.69) is 5.32 Å². The minimum atomic E-state index is -0.325. The second-order valence-electron chi connectivity index (χ2n) is 3.23. The van der Waals surface area contributed by atoms with Crippen molar-refractivity contribution in [2.45, 2.75) is 0 Å². The van der Waals surface area contributed by atoms with Crippen LogP contribution in [0.5, 0.6) is 5.75 Å². The number of benzene rings is 1. The Labute approximate surface area is 97.9 Å². The predicted molar refractivity (Wildman–Crippen MR) is 62.3 cm³/mol. The molecule has 1 aromatic carbocycles. The quantitative estimate of drug-likeness (QED) is 0.238. The van der Waals surface area contributed by atoms with E-state index in [1.54, 1.807) is 24.3 Å². The summed E-state index contributed by atoms with van der Waals surface area (Å²) in [7, 11) is 0. The summed E-state index contributed by atoms with van der Waals surface area (Å²) in [5.74, 6) is 4.75. The fraction of sp³-hybridized carbons (Fsp3) is 0.100. The minimum Gasteiger partial charge on any atom is -0.506 e. The van der Waals surface area contributed by atoms with Crippen molar-refractivity contribution in [3.63, 3.8) is 0 Å². The first-order valence-corrected chi connectivity index (χ1v) is 4.75. The Morgan fingerprint density at radius 3 is 2.35 bits per heavy atom. The van der Waals surface area contributed by atoms with Crippen molar-refractivity contribution >= 4 is 11.6 Å². The third-order valence-electron chi connectivity index (χ3n) is 1.91. The number of rotatable bonds is 0. The van der Waals surface area contributed by atoms with E-state index in [0.29, 0.717) is 5.69 Å². The van der Waals surface area contributed by atoms with Crippen molar-refractivity contribution in [3.8, 4) is 5.75 Å². The summed E-state index contributed by atoms with van der Waals surface area (Å²) in [4.78, 5) is 10.4. The van der Waals surface area contributed by atoms with Crippen molar-refractivity contribution in [1.82, 2.24) is 10.3 Å². The molecule has 0 fully saturated rings. The normalized spacial score (nSPS) is 14.3. The van der Waals surface area contributed by atoms with E-state index in [4.69, 9.17) is 21.8 Å². The molecule has 7 heteroatoms. The lowest BCUT2D eigenvalue weighted by Crippen LogP contribution is -2.45. The van der Waals surface area contributed by atoms with Gasteiger partial charge in [0.05, 0.1) is 11.8 Å². The number of anilines is 1. The van der Waals surface area contributed by atoms with Gasteiger partial charge in [0, 0.05) is 0 Å². The standard InChI is InChI=1S/C6H7NO.C4H7N3O2/c7-5-3-1-2-4-6(5)8;5-7-2-6-3(8)1-4(7)9/h1-4,8H,7H2;1,9H,2,5H2,(H,6,8). The number of hydrogen-bond donors (Lipinski definition) is 5. The average Bonchev–Trinajstić information content (AvgIpc) is 2.29. The van der Waals surface area contributed by atoms with Crippen LogP contribution < -0.4 is 16.9 Å². The van der Waals surface area contributed by atoms with Gasteiger partial charge in [0.15, 0.2) is 0 Å². The van der Waals surface area contributed by atoms with Crippen LogP contribution in [0.4, 0.5) is 5.69 Å². The topological polar surface area (TPSA) is 125 Å². The number of aliphatic hydroxyl groups is 1. The van der Waals surface area contributed by atoms with Crippen LogP contribution in [0.3, 0.4) is 0 Å². The van der Waals surface area contributed by atoms with Gasteiger partial charge in [-0.05, 0) is 12.1 Å². The number of nitrogens with two attached hydrogens (primary N) is 2. The molecule has 7 nitrogen and oxygen atoms in total. The molecule has 2 rings (SSSR count). The van der Waals surface area contributed by atoms with Crippen molar-refractivity contribution in [2.75, 3.05) is 12.4 Å². The van der Waals surface area contributed by atoms with Crippen molar-refractivity contribution in [1.29, 1.82) is 0 Å². The molecule has 0 aromatic heterocycles. The largest absolute Gasteiger partial charge is 0.506 e. The van der Waals surface area contributed by atoms with Gasteiger partial charge in [-0.1, -0.05) is 12.1 Å². The molecule has 7 N–H and O–H groups in total. The van der Waals surface area contributed by atoms with Crippen LogP contribution in [0.1, 0.15) is 0 Å². The maximum Gasteiger partial charge on any atom is 0.250 e. The summed E-state index contributed by atoms with van der Waals surface area (Å²) < 4.78 is 0. The van der Waals surface area contributed by atoms with Gasteiger partial charge in [-0.15, -0.1) is 0 Å². The van der Waals surface area contributed by atoms with Gasteiger partial charge < -0.3 is 21.3 Å². The molecule has 17 heavy (non-hydrogen) atoms. The van der Waals surface area contributed by atoms with E-state index in [1.807, 2.05) is 0 Å². The maximum absolute atomic E-state index is 10.4. The fourth-order valence-corrected chi connectivity index (χ4v) is 0.983. The second-order valence-corrected chi connectivity index (χ2v) is 3.23. The number of para-hydroxylation sites is 2. The number of nitrogen functional groups attached to an aromatic ring is 1. The monoisotopic (exact) mass is 238 g/mol. The van der Waals surface area contributed by atoms with Gasteiger partial charge >= 0.3 is 0 Å². The highest BCUT2D eigenvalue weighted by Gasteiger charge is 2.11. The highest BCUT2D eigenvalue weighted by molar-refractivity contribution is 5.88. The molecule has 1 aliphatic heterocycles. The first-order valence-electron chi connectivity index (χ1n) is 4.75. The van der Waals surface area contributed by atoms with Crippen LogP contribution in [0.15, 0.2) is 36.2 Å². The number of aromatic hydroxyl groups is 1. The third-order valence-corrected chi connectivity index (χ3v) is 1.91. The van der Waals surface area contributed by atoms with Gasteiger partial charge in [-0.2, -0.15) is 0 Å². The van der Waals surface area contributed by atoms with Crippen LogP contribution in [-0.4, -0.2) is 27.8 Å². The van der Waals surface area contributed by atoms with E-state index in [0.717, 1.165) is 11.1 Å². The molecular formula is C10H14N4O3. The molecule has 0 aliphatic carbocycles. The summed E-state index contributed by atoms with van der Waals surface area (Å²) in [6, 6.07) is 6.70. The molecular weight excluding hydrogens is 224 g/mol. The molecule has 0 atom stereocenters. The first kappa shape index (κ1) is 12.7. The van der Waals surface area contributed by atoms with Gasteiger partial charge in [-0.25, -0.2) is 5.84 Å². The van der Waals surface area contributed by atoms with E-state index < -0.39 is 0 Å². The molecule has 0 bridgehead atoms. The highest BCUT2D eigenvalue weighted by atomic mass is 16.3. The number of nitrogens with zero attached hydrogens (tertiary/aromatic N) is 1. The van der Waals surface area contributed by atoms with Gasteiger partial charge in [0.1, 0.15) is 12.4 Å². The molecule has 0 saturated heterocycles. The Morgan fingerprint density at radius 1 is 1.29 bits per heavy atom. The lowest BCUT2D eigenvalue weighted by Gasteiger charge is -2.20. The summed E-state index contributed by atoms with van der Waals surface area (Å²) in [6.07, 6.45) is 1.02. The zero-order valence-corrected chi connectivity index (χ0v) is 9.00. The summed E-state index contributed by atoms with van der Waals surface area (Å²) in [5.41, 5.74) is 5.69. The fourth-order valence-electron chi connectivity index (χ4n) is 0.983. The van der Waals surface area contributed by atoms with Gasteiger partial charge in [0.25, 0.3) is 5.91 Å². The predicted octanol–water partition coefficient (Wildman–Crippen LogP) is -0.377. The van der Waals surface area contributed by atoms with E-state index in [1.165, 1.54) is 0 Å². The number of hydrazine groups is 1. The molecule has 92 valence electrons. The van der Waals surface area contributed by atoms with Crippen molar-refractivity contribution in [3.05, 3.63) is 36.2 Å². The summed E-state index contributed by atoms with van der Waals surface area (Å²) >= 11 is 0. The first-order chi connectivity index (χ1) is 8.00. The molecule has 1 heterocycles. The molecule has 1 aliphatic rings. The van der Waals surface area contributed by atoms with Gasteiger partial charge in [-0.3, -0.25) is 9.80 Å². The Bertz CT molecular complexity index is 412. The Hall–Kier alpha value is -2.41. The maximum atomic E-state index is 10.4. The van der Waals surface area contributed by atoms with Crippen molar-refractivity contribution in [2.24, 2.45) is 5.84 Å². The molecule has 0 saturated carbocycles. The number of phenols is 1. The highest BCUT2D eigenvalue weighted by Crippen LogP contribution is 2.16. The van der Waals surface area contributed by atoms with Crippen LogP contribution in [-0.2, 0) is 4.79 Å². The van der Waals surface area contributed by atoms with Crippen LogP contribution in [0.2, 0.25) is 0 Å². The van der Waals surface area contributed by atoms with Crippen LogP contribution in [0.25, 0.3) is 0 Å². The van der Waals surface area contributed by atoms with Gasteiger partial charge in [0.2, 0.25) is 5.88 Å². The molecule has 0 spiro atoms. The smallest absolute Gasteiger partial charge is 0.250 e. The summed E-state index contributed by atoms with van der Waals surface area (Å²) in [6.45, 7) is 0.154. The zero-order valence-electron chi connectivity index (χ0n) is 9.00. The Morgan fingerprint density at radius 2 is 1.94 bits per heavy atom. The number of carbonyl (C=O) groups excluding carboxylic acids is 1. The average molecular weight is 238 g/mol. The number of aliphatic hydroxyl groups excluding tert-OH is 1. The number of carbonyl (C=O) groups is 1. The number of phenolic OH excluding ortho intramolecular Hbond substituents is 1. The molecule has 1 aromatic rings. The van der Waals surface area contributed by atoms with Crippen LogP contribution in [0, 0.1) is 0 Å². The molecule has 1 amide bonds. The van der Waals surface area contributed by atoms with E-state index in [9.17, 15) is 4.79 Å². The molecule has 0 unspecified atom stereocenters. The lowest BCUT2D eigenvalue weighted by molar-refractivity contribution is -0.118. The minimum absolute atomic E-state index is 0.146. The van der Waals surface area contributed by atoms with E-state index in [-0.39, 0.29) is 24.2 Å². The Kier molecular flexibility index (Phi) is 4.18. The second kappa shape index (κ2) is 5.61. The number of hydrogen-bond acceptors (Lipinski definition) is 6. The van der Waals surface area contributed by atoms with Crippen LogP contribution >= 0.6 is 0 Å². The Balaban J connectivity index is 0.000000171.